The number of hydrogen-bond donors (Lipinski definition) is 2. The van der Waals surface area contributed by atoms with Crippen LogP contribution in [0.25, 0.3) is 16.3 Å². The van der Waals surface area contributed by atoms with Crippen LogP contribution >= 0.6 is 35.2 Å². The number of thiazole rings is 1. The first kappa shape index (κ1) is 18.3. The van der Waals surface area contributed by atoms with E-state index >= 15 is 0 Å². The van der Waals surface area contributed by atoms with Crippen molar-refractivity contribution in [1.82, 2.24) is 10.3 Å². The van der Waals surface area contributed by atoms with Gasteiger partial charge in [0, 0.05) is 12.1 Å². The average molecular weight is 404 g/mol. The van der Waals surface area contributed by atoms with Gasteiger partial charge in [0.2, 0.25) is 5.91 Å². The number of anilines is 1. The molecule has 0 unspecified atom stereocenters. The first-order chi connectivity index (χ1) is 12.5. The molecule has 0 radical (unpaired) electrons. The molecule has 1 amide bonds. The van der Waals surface area contributed by atoms with Crippen LogP contribution in [0, 0.1) is 0 Å². The molecule has 5 nitrogen and oxygen atoms in total. The number of ether oxygens (including phenoxy) is 1. The van der Waals surface area contributed by atoms with E-state index in [2.05, 4.69) is 15.6 Å². The van der Waals surface area contributed by atoms with E-state index in [1.807, 2.05) is 36.4 Å². The Morgan fingerprint density at radius 2 is 2.08 bits per heavy atom. The molecule has 1 aromatic heterocycles. The van der Waals surface area contributed by atoms with E-state index in [0.29, 0.717) is 15.9 Å². The Bertz CT molecular complexity index is 987. The molecule has 1 heterocycles. The molecule has 0 aliphatic rings. The van der Waals surface area contributed by atoms with Crippen LogP contribution in [-0.2, 0) is 4.79 Å². The van der Waals surface area contributed by atoms with Crippen molar-refractivity contribution in [3.63, 3.8) is 0 Å². The van der Waals surface area contributed by atoms with Gasteiger partial charge in [-0.25, -0.2) is 4.98 Å². The van der Waals surface area contributed by atoms with Gasteiger partial charge in [-0.1, -0.05) is 53.3 Å². The molecule has 8 heteroatoms. The van der Waals surface area contributed by atoms with Gasteiger partial charge >= 0.3 is 0 Å². The molecule has 0 bridgehead atoms. The maximum atomic E-state index is 11.9. The van der Waals surface area contributed by atoms with Gasteiger partial charge in [-0.05, 0) is 29.9 Å². The Morgan fingerprint density at radius 3 is 2.81 bits per heavy atom. The summed E-state index contributed by atoms with van der Waals surface area (Å²) in [6.07, 6.45) is 3.14. The summed E-state index contributed by atoms with van der Waals surface area (Å²) in [5.74, 6) is 0.258. The van der Waals surface area contributed by atoms with Gasteiger partial charge in [0.25, 0.3) is 0 Å². The zero-order valence-corrected chi connectivity index (χ0v) is 16.0. The summed E-state index contributed by atoms with van der Waals surface area (Å²) in [6.45, 7) is 0. The van der Waals surface area contributed by atoms with E-state index in [1.165, 1.54) is 17.4 Å². The van der Waals surface area contributed by atoms with Gasteiger partial charge in [0.15, 0.2) is 10.2 Å². The molecule has 132 valence electrons. The summed E-state index contributed by atoms with van der Waals surface area (Å²) >= 11 is 12.6. The molecule has 2 N–H and O–H groups in total. The fourth-order valence-corrected chi connectivity index (χ4v) is 3.54. The zero-order chi connectivity index (χ0) is 18.5. The number of aromatic nitrogens is 1. The number of rotatable bonds is 4. The Balaban J connectivity index is 1.63. The van der Waals surface area contributed by atoms with E-state index in [9.17, 15) is 4.79 Å². The summed E-state index contributed by atoms with van der Waals surface area (Å²) in [7, 11) is 1.56. The highest BCUT2D eigenvalue weighted by atomic mass is 35.5. The standard InChI is InChI=1S/C18H14ClN3O2S2/c1-24-14-10-15-13(9-12(14)19)20-18(26-15)22-17(25)21-16(23)8-7-11-5-3-2-4-6-11/h2-10H,1H3,(H2,20,21,22,23,25)/b8-7+. The summed E-state index contributed by atoms with van der Waals surface area (Å²) in [4.78, 5) is 16.3. The van der Waals surface area contributed by atoms with Crippen LogP contribution in [0.1, 0.15) is 5.56 Å². The lowest BCUT2D eigenvalue weighted by molar-refractivity contribution is -0.115. The van der Waals surface area contributed by atoms with Crippen LogP contribution in [0.5, 0.6) is 5.75 Å². The minimum atomic E-state index is -0.322. The average Bonchev–Trinajstić information content (AvgIpc) is 3.00. The molecule has 0 fully saturated rings. The quantitative estimate of drug-likeness (QED) is 0.496. The summed E-state index contributed by atoms with van der Waals surface area (Å²) in [6, 6.07) is 13.1. The minimum Gasteiger partial charge on any atom is -0.495 e. The first-order valence-corrected chi connectivity index (χ1v) is 9.14. The van der Waals surface area contributed by atoms with Crippen molar-refractivity contribution >= 4 is 67.6 Å². The molecular formula is C18H14ClN3O2S2. The van der Waals surface area contributed by atoms with Crippen LogP contribution in [0.3, 0.4) is 0 Å². The maximum Gasteiger partial charge on any atom is 0.250 e. The topological polar surface area (TPSA) is 63.2 Å². The lowest BCUT2D eigenvalue weighted by atomic mass is 10.2. The van der Waals surface area contributed by atoms with E-state index in [-0.39, 0.29) is 11.0 Å². The molecule has 0 saturated carbocycles. The number of methoxy groups -OCH3 is 1. The van der Waals surface area contributed by atoms with Gasteiger partial charge in [-0.2, -0.15) is 0 Å². The van der Waals surface area contributed by atoms with E-state index in [1.54, 1.807) is 19.3 Å². The number of thiocarbonyl (C=S) groups is 1. The number of hydrogen-bond acceptors (Lipinski definition) is 5. The van der Waals surface area contributed by atoms with Crippen molar-refractivity contribution in [3.8, 4) is 5.75 Å². The van der Waals surface area contributed by atoms with Gasteiger partial charge in [-0.15, -0.1) is 0 Å². The van der Waals surface area contributed by atoms with E-state index < -0.39 is 0 Å². The van der Waals surface area contributed by atoms with Crippen LogP contribution in [0.15, 0.2) is 48.5 Å². The number of nitrogens with zero attached hydrogens (tertiary/aromatic N) is 1. The highest BCUT2D eigenvalue weighted by Crippen LogP contribution is 2.34. The minimum absolute atomic E-state index is 0.171. The first-order valence-electron chi connectivity index (χ1n) is 7.54. The molecule has 3 aromatic rings. The van der Waals surface area contributed by atoms with Gasteiger partial charge in [-0.3, -0.25) is 10.1 Å². The largest absolute Gasteiger partial charge is 0.495 e. The van der Waals surface area contributed by atoms with Crippen molar-refractivity contribution in [2.45, 2.75) is 0 Å². The second-order valence-electron chi connectivity index (χ2n) is 5.16. The van der Waals surface area contributed by atoms with Gasteiger partial charge < -0.3 is 10.1 Å². The number of fused-ring (bicyclic) bond motifs is 1. The van der Waals surface area contributed by atoms with Crippen LogP contribution in [-0.4, -0.2) is 23.1 Å². The highest BCUT2D eigenvalue weighted by molar-refractivity contribution is 7.80. The van der Waals surface area contributed by atoms with Crippen LogP contribution < -0.4 is 15.4 Å². The summed E-state index contributed by atoms with van der Waals surface area (Å²) < 4.78 is 6.09. The van der Waals surface area contributed by atoms with E-state index in [4.69, 9.17) is 28.6 Å². The maximum absolute atomic E-state index is 11.9. The lowest BCUT2D eigenvalue weighted by Crippen LogP contribution is -2.32. The van der Waals surface area contributed by atoms with Crippen molar-refractivity contribution in [3.05, 3.63) is 59.1 Å². The fourth-order valence-electron chi connectivity index (χ4n) is 2.16. The molecule has 2 aromatic carbocycles. The number of halogens is 1. The Morgan fingerprint density at radius 1 is 1.31 bits per heavy atom. The highest BCUT2D eigenvalue weighted by Gasteiger charge is 2.10. The predicted octanol–water partition coefficient (Wildman–Crippen LogP) is 4.48. The monoisotopic (exact) mass is 403 g/mol. The van der Waals surface area contributed by atoms with Crippen LogP contribution in [0.2, 0.25) is 5.02 Å². The molecule has 26 heavy (non-hydrogen) atoms. The molecule has 0 saturated heterocycles. The fraction of sp³-hybridized carbons (Fsp3) is 0.0556. The molecule has 0 atom stereocenters. The number of carbonyl (C=O) groups excluding carboxylic acids is 1. The van der Waals surface area contributed by atoms with Crippen LogP contribution in [0.4, 0.5) is 5.13 Å². The second-order valence-corrected chi connectivity index (χ2v) is 7.01. The normalized spacial score (nSPS) is 10.8. The smallest absolute Gasteiger partial charge is 0.250 e. The van der Waals surface area contributed by atoms with E-state index in [0.717, 1.165) is 15.8 Å². The number of carbonyl (C=O) groups is 1. The molecule has 0 spiro atoms. The number of amides is 1. The zero-order valence-electron chi connectivity index (χ0n) is 13.7. The lowest BCUT2D eigenvalue weighted by Gasteiger charge is -2.04. The second kappa shape index (κ2) is 8.27. The summed E-state index contributed by atoms with van der Waals surface area (Å²) in [5, 5.41) is 6.71. The summed E-state index contributed by atoms with van der Waals surface area (Å²) in [5.41, 5.74) is 1.65. The molecular weight excluding hydrogens is 390 g/mol. The Labute approximate surface area is 164 Å². The van der Waals surface area contributed by atoms with Gasteiger partial charge in [0.05, 0.1) is 22.3 Å². The van der Waals surface area contributed by atoms with Crippen molar-refractivity contribution in [2.24, 2.45) is 0 Å². The molecule has 3 rings (SSSR count). The third kappa shape index (κ3) is 4.57. The SMILES string of the molecule is COc1cc2sc(NC(=S)NC(=O)/C=C/c3ccccc3)nc2cc1Cl. The third-order valence-corrected chi connectivity index (χ3v) is 4.78. The van der Waals surface area contributed by atoms with Crippen molar-refractivity contribution in [1.29, 1.82) is 0 Å². The third-order valence-electron chi connectivity index (χ3n) is 3.35. The predicted molar refractivity (Wildman–Crippen MR) is 111 cm³/mol. The number of benzene rings is 2. The Hall–Kier alpha value is -2.48. The van der Waals surface area contributed by atoms with Crippen molar-refractivity contribution in [2.75, 3.05) is 12.4 Å². The Kier molecular flexibility index (Phi) is 5.82. The molecule has 0 aliphatic heterocycles. The van der Waals surface area contributed by atoms with Crippen molar-refractivity contribution < 1.29 is 9.53 Å². The number of nitrogens with one attached hydrogen (secondary N) is 2. The van der Waals surface area contributed by atoms with Gasteiger partial charge in [0.1, 0.15) is 5.75 Å². The molecule has 0 aliphatic carbocycles.